The lowest BCUT2D eigenvalue weighted by Gasteiger charge is -2.41. The molecule has 1 aromatic heterocycles. The summed E-state index contributed by atoms with van der Waals surface area (Å²) in [7, 11) is 0. The quantitative estimate of drug-likeness (QED) is 0.841. The van der Waals surface area contributed by atoms with Crippen molar-refractivity contribution in [3.8, 4) is 0 Å². The molecule has 0 aromatic carbocycles. The molecule has 0 radical (unpaired) electrons. The van der Waals surface area contributed by atoms with E-state index in [4.69, 9.17) is 0 Å². The highest BCUT2D eigenvalue weighted by molar-refractivity contribution is 5.95. The second-order valence-electron chi connectivity index (χ2n) is 5.44. The molecule has 4 nitrogen and oxygen atoms in total. The van der Waals surface area contributed by atoms with Crippen LogP contribution >= 0.6 is 0 Å². The fourth-order valence-electron chi connectivity index (χ4n) is 2.60. The number of hydrogen-bond donors (Lipinski definition) is 2. The molecule has 5 heteroatoms. The van der Waals surface area contributed by atoms with E-state index in [-0.39, 0.29) is 22.7 Å². The van der Waals surface area contributed by atoms with Crippen molar-refractivity contribution in [1.29, 1.82) is 0 Å². The topological polar surface area (TPSA) is 54.0 Å². The van der Waals surface area contributed by atoms with Crippen LogP contribution in [-0.2, 0) is 0 Å². The van der Waals surface area contributed by atoms with E-state index in [9.17, 15) is 9.18 Å². The van der Waals surface area contributed by atoms with Crippen LogP contribution < -0.4 is 10.6 Å². The second-order valence-corrected chi connectivity index (χ2v) is 5.44. The van der Waals surface area contributed by atoms with Crippen LogP contribution in [0.1, 0.15) is 49.9 Å². The Labute approximate surface area is 119 Å². The third kappa shape index (κ3) is 2.92. The number of nitrogens with one attached hydrogen (secondary N) is 2. The van der Waals surface area contributed by atoms with Crippen LogP contribution in [-0.4, -0.2) is 24.0 Å². The van der Waals surface area contributed by atoms with Gasteiger partial charge in [0.15, 0.2) is 11.6 Å². The lowest BCUT2D eigenvalue weighted by molar-refractivity contribution is 0.0846. The Morgan fingerprint density at radius 2 is 2.20 bits per heavy atom. The van der Waals surface area contributed by atoms with Gasteiger partial charge in [-0.2, -0.15) is 0 Å². The number of halogens is 1. The van der Waals surface area contributed by atoms with Crippen LogP contribution in [0.5, 0.6) is 0 Å². The predicted molar refractivity (Wildman–Crippen MR) is 77.3 cm³/mol. The number of hydrogen-bond acceptors (Lipinski definition) is 3. The molecule has 1 aromatic rings. The van der Waals surface area contributed by atoms with Crippen molar-refractivity contribution < 1.29 is 9.18 Å². The first-order valence-electron chi connectivity index (χ1n) is 7.28. The zero-order valence-corrected chi connectivity index (χ0v) is 12.1. The molecule has 1 aliphatic carbocycles. The Bertz CT molecular complexity index is 480. The standard InChI is InChI=1S/C15H22FN3O/c1-3-15(7-5-8-15)10-19-14(20)11-6-9-18-13(12(11)16)17-4-2/h6,9H,3-5,7-8,10H2,1-2H3,(H,17,18)(H,19,20). The van der Waals surface area contributed by atoms with Crippen LogP contribution in [0.25, 0.3) is 0 Å². The fourth-order valence-corrected chi connectivity index (χ4v) is 2.60. The fraction of sp³-hybridized carbons (Fsp3) is 0.600. The van der Waals surface area contributed by atoms with Gasteiger partial charge in [0.25, 0.3) is 5.91 Å². The summed E-state index contributed by atoms with van der Waals surface area (Å²) in [5.74, 6) is -0.802. The lowest BCUT2D eigenvalue weighted by Crippen LogP contribution is -2.41. The van der Waals surface area contributed by atoms with E-state index in [0.717, 1.165) is 19.3 Å². The lowest BCUT2D eigenvalue weighted by atomic mass is 9.67. The van der Waals surface area contributed by atoms with Gasteiger partial charge in [-0.15, -0.1) is 0 Å². The summed E-state index contributed by atoms with van der Waals surface area (Å²) in [6.45, 7) is 5.19. The molecule has 0 unspecified atom stereocenters. The molecule has 0 aliphatic heterocycles. The van der Waals surface area contributed by atoms with Gasteiger partial charge >= 0.3 is 0 Å². The van der Waals surface area contributed by atoms with Crippen molar-refractivity contribution in [2.75, 3.05) is 18.4 Å². The summed E-state index contributed by atoms with van der Waals surface area (Å²) in [6.07, 6.45) is 6.01. The van der Waals surface area contributed by atoms with E-state index < -0.39 is 5.82 Å². The largest absolute Gasteiger partial charge is 0.368 e. The van der Waals surface area contributed by atoms with Gasteiger partial charge in [0.05, 0.1) is 5.56 Å². The van der Waals surface area contributed by atoms with Crippen LogP contribution in [0, 0.1) is 11.2 Å². The van der Waals surface area contributed by atoms with Gasteiger partial charge in [0.2, 0.25) is 0 Å². The van der Waals surface area contributed by atoms with Crippen molar-refractivity contribution in [2.24, 2.45) is 5.41 Å². The molecule has 0 spiro atoms. The van der Waals surface area contributed by atoms with Gasteiger partial charge in [0, 0.05) is 19.3 Å². The molecule has 1 aliphatic rings. The van der Waals surface area contributed by atoms with Gasteiger partial charge < -0.3 is 10.6 Å². The van der Waals surface area contributed by atoms with Gasteiger partial charge in [-0.3, -0.25) is 4.79 Å². The summed E-state index contributed by atoms with van der Waals surface area (Å²) in [5, 5.41) is 5.68. The average Bonchev–Trinajstić information content (AvgIpc) is 2.40. The number of carbonyl (C=O) groups is 1. The van der Waals surface area contributed by atoms with Gasteiger partial charge in [-0.25, -0.2) is 9.37 Å². The summed E-state index contributed by atoms with van der Waals surface area (Å²) >= 11 is 0. The Hall–Kier alpha value is -1.65. The van der Waals surface area contributed by atoms with Crippen molar-refractivity contribution >= 4 is 11.7 Å². The summed E-state index contributed by atoms with van der Waals surface area (Å²) in [5.41, 5.74) is 0.283. The van der Waals surface area contributed by atoms with Crippen LogP contribution in [0.3, 0.4) is 0 Å². The van der Waals surface area contributed by atoms with Crippen molar-refractivity contribution in [1.82, 2.24) is 10.3 Å². The zero-order chi connectivity index (χ0) is 14.6. The number of pyridine rings is 1. The maximum Gasteiger partial charge on any atom is 0.254 e. The SMILES string of the molecule is CCNc1nccc(C(=O)NCC2(CC)CCC2)c1F. The highest BCUT2D eigenvalue weighted by Gasteiger charge is 2.35. The molecular formula is C15H22FN3O. The number of rotatable bonds is 6. The van der Waals surface area contributed by atoms with Crippen molar-refractivity contribution in [3.63, 3.8) is 0 Å². The van der Waals surface area contributed by atoms with E-state index in [0.29, 0.717) is 13.1 Å². The average molecular weight is 279 g/mol. The maximum atomic E-state index is 14.1. The molecule has 0 atom stereocenters. The number of anilines is 1. The minimum absolute atomic E-state index is 0.0570. The maximum absolute atomic E-state index is 14.1. The molecule has 1 saturated carbocycles. The number of aromatic nitrogens is 1. The smallest absolute Gasteiger partial charge is 0.254 e. The molecule has 2 N–H and O–H groups in total. The highest BCUT2D eigenvalue weighted by atomic mass is 19.1. The van der Waals surface area contributed by atoms with Crippen molar-refractivity contribution in [3.05, 3.63) is 23.6 Å². The third-order valence-electron chi connectivity index (χ3n) is 4.27. The predicted octanol–water partition coefficient (Wildman–Crippen LogP) is 2.96. The Morgan fingerprint density at radius 1 is 1.45 bits per heavy atom. The number of nitrogens with zero attached hydrogens (tertiary/aromatic N) is 1. The first kappa shape index (κ1) is 14.8. The highest BCUT2D eigenvalue weighted by Crippen LogP contribution is 2.43. The monoisotopic (exact) mass is 279 g/mol. The van der Waals surface area contributed by atoms with E-state index in [1.165, 1.54) is 18.7 Å². The first-order valence-corrected chi connectivity index (χ1v) is 7.28. The summed E-state index contributed by atoms with van der Waals surface area (Å²) in [4.78, 5) is 16.0. The van der Waals surface area contributed by atoms with Gasteiger partial charge in [0.1, 0.15) is 0 Å². The van der Waals surface area contributed by atoms with Gasteiger partial charge in [-0.1, -0.05) is 13.3 Å². The van der Waals surface area contributed by atoms with E-state index in [1.807, 2.05) is 6.92 Å². The van der Waals surface area contributed by atoms with Crippen LogP contribution in [0.2, 0.25) is 0 Å². The van der Waals surface area contributed by atoms with E-state index in [2.05, 4.69) is 22.5 Å². The minimum atomic E-state index is -0.578. The third-order valence-corrected chi connectivity index (χ3v) is 4.27. The summed E-state index contributed by atoms with van der Waals surface area (Å²) in [6, 6.07) is 1.42. The zero-order valence-electron chi connectivity index (χ0n) is 12.1. The van der Waals surface area contributed by atoms with Crippen LogP contribution in [0.15, 0.2) is 12.3 Å². The first-order chi connectivity index (χ1) is 9.62. The Morgan fingerprint density at radius 3 is 2.75 bits per heavy atom. The Kier molecular flexibility index (Phi) is 4.57. The molecule has 20 heavy (non-hydrogen) atoms. The second kappa shape index (κ2) is 6.20. The molecule has 0 bridgehead atoms. The van der Waals surface area contributed by atoms with Crippen molar-refractivity contribution in [2.45, 2.75) is 39.5 Å². The molecule has 1 heterocycles. The Balaban J connectivity index is 2.04. The molecule has 1 amide bonds. The molecular weight excluding hydrogens is 257 g/mol. The normalized spacial score (nSPS) is 16.4. The minimum Gasteiger partial charge on any atom is -0.368 e. The molecule has 110 valence electrons. The molecule has 0 saturated heterocycles. The van der Waals surface area contributed by atoms with Gasteiger partial charge in [-0.05, 0) is 37.7 Å². The van der Waals surface area contributed by atoms with E-state index in [1.54, 1.807) is 0 Å². The summed E-state index contributed by atoms with van der Waals surface area (Å²) < 4.78 is 14.1. The molecule has 2 rings (SSSR count). The van der Waals surface area contributed by atoms with Crippen LogP contribution in [0.4, 0.5) is 10.2 Å². The van der Waals surface area contributed by atoms with E-state index >= 15 is 0 Å². The molecule has 1 fully saturated rings. The number of carbonyl (C=O) groups excluding carboxylic acids is 1. The number of amides is 1.